The lowest BCUT2D eigenvalue weighted by Gasteiger charge is -2.31. The molecule has 0 radical (unpaired) electrons. The molecule has 1 atom stereocenters. The number of alkyl halides is 2. The number of amides is 2. The second-order valence-corrected chi connectivity index (χ2v) is 13.5. The highest BCUT2D eigenvalue weighted by molar-refractivity contribution is 6.39. The number of hydrogen-bond donors (Lipinski definition) is 4. The quantitative estimate of drug-likeness (QED) is 0.114. The summed E-state index contributed by atoms with van der Waals surface area (Å²) in [6.45, 7) is 0.853. The Hall–Kier alpha value is -4.43. The van der Waals surface area contributed by atoms with E-state index in [1.165, 1.54) is 18.5 Å². The topological polar surface area (TPSA) is 121 Å². The highest BCUT2D eigenvalue weighted by atomic mass is 35.5. The van der Waals surface area contributed by atoms with Crippen molar-refractivity contribution in [2.75, 3.05) is 25.0 Å². The third-order valence-corrected chi connectivity index (χ3v) is 10.1. The van der Waals surface area contributed by atoms with Gasteiger partial charge in [0.2, 0.25) is 11.8 Å². The van der Waals surface area contributed by atoms with E-state index in [1.807, 2.05) is 4.90 Å². The molecule has 4 N–H and O–H groups in total. The van der Waals surface area contributed by atoms with Crippen LogP contribution >= 0.6 is 23.2 Å². The van der Waals surface area contributed by atoms with E-state index in [9.17, 15) is 18.4 Å². The predicted octanol–water partition coefficient (Wildman–Crippen LogP) is 7.07. The SMILES string of the molecule is CC(=O)N1CCC(NCc2ccnc(Nc3cccc(-c4ccnc(-c5ccc(CNC[C@H]6CCC(=O)N6)c(OC(F)F)c5)c4Cl)c3Cl)c2F)CC1. The number of nitrogens with zero attached hydrogens (tertiary/aromatic N) is 3. The summed E-state index contributed by atoms with van der Waals surface area (Å²) in [5.41, 5.74) is 3.13. The first-order valence-electron chi connectivity index (χ1n) is 17.0. The molecule has 2 fully saturated rings. The second kappa shape index (κ2) is 16.9. The van der Waals surface area contributed by atoms with Crippen LogP contribution in [0.2, 0.25) is 10.0 Å². The number of aromatic nitrogens is 2. The van der Waals surface area contributed by atoms with Gasteiger partial charge in [-0.15, -0.1) is 0 Å². The van der Waals surface area contributed by atoms with Crippen molar-refractivity contribution in [1.82, 2.24) is 30.8 Å². The first kappa shape index (κ1) is 37.3. The van der Waals surface area contributed by atoms with Gasteiger partial charge in [-0.05, 0) is 43.5 Å². The molecule has 52 heavy (non-hydrogen) atoms. The molecule has 2 saturated heterocycles. The smallest absolute Gasteiger partial charge is 0.387 e. The van der Waals surface area contributed by atoms with Gasteiger partial charge in [-0.25, -0.2) is 9.37 Å². The fourth-order valence-electron chi connectivity index (χ4n) is 6.44. The lowest BCUT2D eigenvalue weighted by atomic mass is 10.0. The maximum absolute atomic E-state index is 15.7. The minimum atomic E-state index is -3.06. The van der Waals surface area contributed by atoms with E-state index in [-0.39, 0.29) is 52.1 Å². The van der Waals surface area contributed by atoms with Crippen LogP contribution in [0.5, 0.6) is 5.75 Å². The van der Waals surface area contributed by atoms with E-state index in [1.54, 1.807) is 49.4 Å². The molecule has 2 aromatic carbocycles. The van der Waals surface area contributed by atoms with Gasteiger partial charge in [0.05, 0.1) is 21.4 Å². The van der Waals surface area contributed by atoms with Crippen molar-refractivity contribution >= 4 is 46.5 Å². The fraction of sp³-hybridized carbons (Fsp3) is 0.351. The Morgan fingerprint density at radius 2 is 1.77 bits per heavy atom. The van der Waals surface area contributed by atoms with E-state index >= 15 is 4.39 Å². The molecule has 2 aliphatic rings. The van der Waals surface area contributed by atoms with Crippen molar-refractivity contribution in [3.8, 4) is 28.1 Å². The average molecular weight is 757 g/mol. The minimum Gasteiger partial charge on any atom is -0.434 e. The van der Waals surface area contributed by atoms with Crippen LogP contribution in [-0.4, -0.2) is 65.0 Å². The zero-order chi connectivity index (χ0) is 36.8. The number of halogens is 5. The monoisotopic (exact) mass is 755 g/mol. The lowest BCUT2D eigenvalue weighted by Crippen LogP contribution is -2.44. The van der Waals surface area contributed by atoms with Crippen LogP contribution in [0, 0.1) is 5.82 Å². The molecule has 2 aliphatic heterocycles. The van der Waals surface area contributed by atoms with Crippen LogP contribution in [0.25, 0.3) is 22.4 Å². The molecule has 6 rings (SSSR count). The Morgan fingerprint density at radius 3 is 2.50 bits per heavy atom. The number of likely N-dealkylation sites (tertiary alicyclic amines) is 1. The Balaban J connectivity index is 1.18. The number of rotatable bonds is 13. The predicted molar refractivity (Wildman–Crippen MR) is 194 cm³/mol. The van der Waals surface area contributed by atoms with Gasteiger partial charge in [0.15, 0.2) is 11.6 Å². The molecular weight excluding hydrogens is 718 g/mol. The van der Waals surface area contributed by atoms with Gasteiger partial charge in [-0.1, -0.05) is 47.5 Å². The molecule has 10 nitrogen and oxygen atoms in total. The highest BCUT2D eigenvalue weighted by Crippen LogP contribution is 2.42. The number of pyridine rings is 2. The van der Waals surface area contributed by atoms with Gasteiger partial charge >= 0.3 is 6.61 Å². The first-order valence-corrected chi connectivity index (χ1v) is 17.7. The van der Waals surface area contributed by atoms with Crippen molar-refractivity contribution in [2.24, 2.45) is 0 Å². The molecule has 15 heteroatoms. The van der Waals surface area contributed by atoms with Crippen LogP contribution < -0.4 is 26.0 Å². The maximum atomic E-state index is 15.7. The van der Waals surface area contributed by atoms with Gasteiger partial charge in [-0.2, -0.15) is 8.78 Å². The molecule has 0 aliphatic carbocycles. The molecule has 0 bridgehead atoms. The number of carbonyl (C=O) groups is 2. The van der Waals surface area contributed by atoms with Gasteiger partial charge < -0.3 is 30.9 Å². The van der Waals surface area contributed by atoms with Crippen molar-refractivity contribution in [3.63, 3.8) is 0 Å². The zero-order valence-electron chi connectivity index (χ0n) is 28.3. The number of nitrogens with one attached hydrogen (secondary N) is 4. The molecule has 0 spiro atoms. The molecule has 4 heterocycles. The van der Waals surface area contributed by atoms with Crippen LogP contribution in [0.15, 0.2) is 60.9 Å². The van der Waals surface area contributed by atoms with E-state index in [2.05, 4.69) is 31.2 Å². The summed E-state index contributed by atoms with van der Waals surface area (Å²) in [6, 6.07) is 13.5. The second-order valence-electron chi connectivity index (χ2n) is 12.7. The summed E-state index contributed by atoms with van der Waals surface area (Å²) >= 11 is 13.8. The Kier molecular flexibility index (Phi) is 12.2. The van der Waals surface area contributed by atoms with Gasteiger partial charge in [-0.3, -0.25) is 14.6 Å². The van der Waals surface area contributed by atoms with E-state index in [4.69, 9.17) is 27.9 Å². The fourth-order valence-corrected chi connectivity index (χ4v) is 7.04. The van der Waals surface area contributed by atoms with Crippen LogP contribution in [-0.2, 0) is 22.7 Å². The molecule has 0 unspecified atom stereocenters. The van der Waals surface area contributed by atoms with Gasteiger partial charge in [0, 0.05) is 98.4 Å². The van der Waals surface area contributed by atoms with Crippen molar-refractivity contribution in [3.05, 3.63) is 87.9 Å². The normalized spacial score (nSPS) is 16.3. The third kappa shape index (κ3) is 8.95. The average Bonchev–Trinajstić information content (AvgIpc) is 3.54. The van der Waals surface area contributed by atoms with E-state index in [0.717, 1.165) is 12.8 Å². The lowest BCUT2D eigenvalue weighted by molar-refractivity contribution is -0.130. The van der Waals surface area contributed by atoms with Gasteiger partial charge in [0.1, 0.15) is 5.75 Å². The highest BCUT2D eigenvalue weighted by Gasteiger charge is 2.23. The Labute approximate surface area is 309 Å². The van der Waals surface area contributed by atoms with Crippen molar-refractivity contribution in [2.45, 2.75) is 64.4 Å². The standard InChI is InChI=1S/C37H38Cl2F3N7O3/c1-21(50)49-15-11-25(12-16-49)46-19-24-9-13-45-36(34(24)40)48-29-4-2-3-27(32(29)38)28-10-14-44-35(33(28)39)22-5-6-23(30(17-22)52-37(41)42)18-43-20-26-7-8-31(51)47-26/h2-6,9-10,13-14,17,25-26,37,43,46H,7-8,11-12,15-16,18-20H2,1H3,(H,45,48)(H,47,51)/t26-/m1/s1. The molecule has 0 saturated carbocycles. The molecule has 274 valence electrons. The summed E-state index contributed by atoms with van der Waals surface area (Å²) in [7, 11) is 0. The van der Waals surface area contributed by atoms with Crippen LogP contribution in [0.3, 0.4) is 0 Å². The number of ether oxygens (including phenoxy) is 1. The molecule has 4 aromatic rings. The first-order chi connectivity index (χ1) is 25.1. The number of hydrogen-bond acceptors (Lipinski definition) is 8. The van der Waals surface area contributed by atoms with E-state index < -0.39 is 12.4 Å². The van der Waals surface area contributed by atoms with Crippen molar-refractivity contribution < 1.29 is 27.5 Å². The maximum Gasteiger partial charge on any atom is 0.387 e. The third-order valence-electron chi connectivity index (χ3n) is 9.27. The summed E-state index contributed by atoms with van der Waals surface area (Å²) < 4.78 is 47.4. The Bertz CT molecular complexity index is 1930. The zero-order valence-corrected chi connectivity index (χ0v) is 29.8. The summed E-state index contributed by atoms with van der Waals surface area (Å²) in [5.74, 6) is -0.501. The molecular formula is C37H38Cl2F3N7O3. The number of anilines is 2. The number of carbonyl (C=O) groups excluding carboxylic acids is 2. The van der Waals surface area contributed by atoms with E-state index in [0.29, 0.717) is 78.2 Å². The minimum absolute atomic E-state index is 0.000367. The van der Waals surface area contributed by atoms with Gasteiger partial charge in [0.25, 0.3) is 0 Å². The van der Waals surface area contributed by atoms with Crippen LogP contribution in [0.4, 0.5) is 24.7 Å². The number of piperidine rings is 1. The van der Waals surface area contributed by atoms with Crippen LogP contribution in [0.1, 0.15) is 43.7 Å². The summed E-state index contributed by atoms with van der Waals surface area (Å²) in [4.78, 5) is 33.6. The number of benzene rings is 2. The Morgan fingerprint density at radius 1 is 1.00 bits per heavy atom. The largest absolute Gasteiger partial charge is 0.434 e. The summed E-state index contributed by atoms with van der Waals surface area (Å²) in [6.07, 6.45) is 5.80. The molecule has 2 amide bonds. The van der Waals surface area contributed by atoms with Crippen molar-refractivity contribution in [1.29, 1.82) is 0 Å². The molecule has 2 aromatic heterocycles. The summed E-state index contributed by atoms with van der Waals surface area (Å²) in [5, 5.41) is 12.9.